The lowest BCUT2D eigenvalue weighted by molar-refractivity contribution is -0.106. The number of phosphoric ester groups is 1. The lowest BCUT2D eigenvalue weighted by atomic mass is 10.0. The molecule has 0 fully saturated rings. The highest BCUT2D eigenvalue weighted by Gasteiger charge is 2.32. The van der Waals surface area contributed by atoms with Crippen LogP contribution in [0.2, 0.25) is 0 Å². The van der Waals surface area contributed by atoms with Gasteiger partial charge in [0.05, 0.1) is 13.2 Å². The number of aliphatic hydroxyl groups is 3. The Labute approximate surface area is 74.8 Å². The molecule has 0 spiro atoms. The Morgan fingerprint density at radius 3 is 2.31 bits per heavy atom. The largest absolute Gasteiger partial charge is 0.469 e. The van der Waals surface area contributed by atoms with E-state index in [1.54, 1.807) is 0 Å². The monoisotopic (exact) mass is 216 g/mol. The average Bonchev–Trinajstić information content (AvgIpc) is 1.98. The zero-order valence-electron chi connectivity index (χ0n) is 6.99. The van der Waals surface area contributed by atoms with Crippen molar-refractivity contribution in [2.24, 2.45) is 0 Å². The van der Waals surface area contributed by atoms with E-state index < -0.39 is 32.7 Å². The maximum atomic E-state index is 10.2. The van der Waals surface area contributed by atoms with Gasteiger partial charge in [0.25, 0.3) is 0 Å². The number of hydrogen-bond acceptors (Lipinski definition) is 5. The Kier molecular flexibility index (Phi) is 4.47. The summed E-state index contributed by atoms with van der Waals surface area (Å²) in [6, 6.07) is 0. The zero-order chi connectivity index (χ0) is 10.7. The molecule has 0 aromatic carbocycles. The lowest BCUT2D eigenvalue weighted by Gasteiger charge is -2.27. The van der Waals surface area contributed by atoms with Gasteiger partial charge in [-0.1, -0.05) is 0 Å². The van der Waals surface area contributed by atoms with Crippen molar-refractivity contribution < 1.29 is 34.2 Å². The third-order valence-electron chi connectivity index (χ3n) is 1.42. The maximum Gasteiger partial charge on any atom is 0.469 e. The highest BCUT2D eigenvalue weighted by Crippen LogP contribution is 2.36. The molecule has 0 bridgehead atoms. The Hall–Kier alpha value is -0.0100. The Balaban J connectivity index is 4.11. The van der Waals surface area contributed by atoms with Gasteiger partial charge in [0.1, 0.15) is 11.7 Å². The molecule has 0 rings (SSSR count). The number of rotatable bonds is 5. The fraction of sp³-hybridized carbons (Fsp3) is 1.00. The Bertz CT molecular complexity index is 197. The van der Waals surface area contributed by atoms with Gasteiger partial charge < -0.3 is 25.1 Å². The highest BCUT2D eigenvalue weighted by atomic mass is 31.2. The van der Waals surface area contributed by atoms with E-state index in [0.29, 0.717) is 0 Å². The maximum absolute atomic E-state index is 10.2. The van der Waals surface area contributed by atoms with Crippen LogP contribution < -0.4 is 0 Å². The second-order valence-electron chi connectivity index (χ2n) is 2.82. The summed E-state index contributed by atoms with van der Waals surface area (Å²) in [6.07, 6.45) is -1.51. The molecule has 80 valence electrons. The van der Waals surface area contributed by atoms with Gasteiger partial charge in [0.2, 0.25) is 0 Å². The first-order valence-corrected chi connectivity index (χ1v) is 4.93. The molecule has 7 nitrogen and oxygen atoms in total. The predicted molar refractivity (Wildman–Crippen MR) is 41.7 cm³/mol. The topological polar surface area (TPSA) is 127 Å². The summed E-state index contributed by atoms with van der Waals surface area (Å²) in [7, 11) is -4.67. The van der Waals surface area contributed by atoms with Crippen LogP contribution in [0.15, 0.2) is 0 Å². The molecule has 0 heterocycles. The van der Waals surface area contributed by atoms with Gasteiger partial charge in [-0.3, -0.25) is 4.52 Å². The molecule has 0 unspecified atom stereocenters. The van der Waals surface area contributed by atoms with Crippen LogP contribution in [-0.2, 0) is 9.09 Å². The lowest BCUT2D eigenvalue weighted by Crippen LogP contribution is -2.45. The molecule has 13 heavy (non-hydrogen) atoms. The van der Waals surface area contributed by atoms with E-state index in [4.69, 9.17) is 20.0 Å². The van der Waals surface area contributed by atoms with Crippen molar-refractivity contribution in [3.05, 3.63) is 0 Å². The van der Waals surface area contributed by atoms with Gasteiger partial charge in [-0.25, -0.2) is 4.57 Å². The standard InChI is InChI=1S/C5H13O7P/c1-5(8,4(7)2-6)3-12-13(9,10)11/h4,6-8H,2-3H2,1H3,(H2,9,10,11)/t4-,5+/m1/s1. The van der Waals surface area contributed by atoms with E-state index in [1.807, 2.05) is 0 Å². The molecule has 0 aromatic rings. The minimum atomic E-state index is -4.67. The normalized spacial score (nSPS) is 19.5. The Morgan fingerprint density at radius 1 is 1.54 bits per heavy atom. The first kappa shape index (κ1) is 13.0. The van der Waals surface area contributed by atoms with Crippen LogP contribution >= 0.6 is 7.82 Å². The molecular formula is C5H13O7P. The molecular weight excluding hydrogens is 203 g/mol. The molecule has 0 aliphatic rings. The molecule has 0 aliphatic carbocycles. The van der Waals surface area contributed by atoms with Crippen LogP contribution in [0.1, 0.15) is 6.92 Å². The Morgan fingerprint density at radius 2 is 2.00 bits per heavy atom. The van der Waals surface area contributed by atoms with Crippen molar-refractivity contribution >= 4 is 7.82 Å². The summed E-state index contributed by atoms with van der Waals surface area (Å²) in [4.78, 5) is 16.5. The number of phosphoric acid groups is 1. The van der Waals surface area contributed by atoms with E-state index in [0.717, 1.165) is 6.92 Å². The SMILES string of the molecule is C[C@](O)(COP(=O)(O)O)[C@H](O)CO. The van der Waals surface area contributed by atoms with E-state index in [9.17, 15) is 9.67 Å². The van der Waals surface area contributed by atoms with Crippen LogP contribution in [0, 0.1) is 0 Å². The molecule has 0 radical (unpaired) electrons. The van der Waals surface area contributed by atoms with Crippen LogP contribution in [0.5, 0.6) is 0 Å². The van der Waals surface area contributed by atoms with Crippen molar-refractivity contribution in [1.29, 1.82) is 0 Å². The summed E-state index contributed by atoms with van der Waals surface area (Å²) < 4.78 is 14.2. The van der Waals surface area contributed by atoms with Gasteiger partial charge in [-0.05, 0) is 6.92 Å². The molecule has 2 atom stereocenters. The van der Waals surface area contributed by atoms with Crippen LogP contribution in [-0.4, -0.2) is 50.0 Å². The first-order chi connectivity index (χ1) is 5.69. The summed E-state index contributed by atoms with van der Waals surface area (Å²) in [5.74, 6) is 0. The third-order valence-corrected chi connectivity index (χ3v) is 1.88. The van der Waals surface area contributed by atoms with Crippen molar-refractivity contribution in [2.75, 3.05) is 13.2 Å². The van der Waals surface area contributed by atoms with Crippen LogP contribution in [0.25, 0.3) is 0 Å². The van der Waals surface area contributed by atoms with Crippen molar-refractivity contribution in [3.8, 4) is 0 Å². The molecule has 8 heteroatoms. The summed E-state index contributed by atoms with van der Waals surface area (Å²) in [5, 5.41) is 26.7. The van der Waals surface area contributed by atoms with E-state index in [-0.39, 0.29) is 0 Å². The molecule has 5 N–H and O–H groups in total. The average molecular weight is 216 g/mol. The summed E-state index contributed by atoms with van der Waals surface area (Å²) in [6.45, 7) is -0.403. The van der Waals surface area contributed by atoms with Crippen molar-refractivity contribution in [1.82, 2.24) is 0 Å². The van der Waals surface area contributed by atoms with E-state index in [2.05, 4.69) is 4.52 Å². The van der Waals surface area contributed by atoms with Gasteiger partial charge in [-0.2, -0.15) is 0 Å². The van der Waals surface area contributed by atoms with Crippen molar-refractivity contribution in [3.63, 3.8) is 0 Å². The van der Waals surface area contributed by atoms with Gasteiger partial charge in [0.15, 0.2) is 0 Å². The fourth-order valence-electron chi connectivity index (χ4n) is 0.508. The van der Waals surface area contributed by atoms with Crippen LogP contribution in [0.4, 0.5) is 0 Å². The van der Waals surface area contributed by atoms with Crippen molar-refractivity contribution in [2.45, 2.75) is 18.6 Å². The molecule has 0 saturated carbocycles. The second-order valence-corrected chi connectivity index (χ2v) is 4.06. The first-order valence-electron chi connectivity index (χ1n) is 3.40. The summed E-state index contributed by atoms with van der Waals surface area (Å²) >= 11 is 0. The highest BCUT2D eigenvalue weighted by molar-refractivity contribution is 7.46. The fourth-order valence-corrected chi connectivity index (χ4v) is 0.937. The quantitative estimate of drug-likeness (QED) is 0.343. The van der Waals surface area contributed by atoms with Gasteiger partial charge >= 0.3 is 7.82 Å². The van der Waals surface area contributed by atoms with Crippen LogP contribution in [0.3, 0.4) is 0 Å². The molecule has 0 amide bonds. The van der Waals surface area contributed by atoms with E-state index in [1.165, 1.54) is 0 Å². The molecule has 0 saturated heterocycles. The minimum absolute atomic E-state index is 0.725. The predicted octanol–water partition coefficient (Wildman–Crippen LogP) is -1.80. The molecule has 0 aliphatic heterocycles. The minimum Gasteiger partial charge on any atom is -0.394 e. The number of aliphatic hydroxyl groups excluding tert-OH is 2. The second kappa shape index (κ2) is 4.47. The van der Waals surface area contributed by atoms with E-state index >= 15 is 0 Å². The third kappa shape index (κ3) is 5.33. The summed E-state index contributed by atoms with van der Waals surface area (Å²) in [5.41, 5.74) is -1.89. The zero-order valence-corrected chi connectivity index (χ0v) is 7.89. The van der Waals surface area contributed by atoms with Gasteiger partial charge in [-0.15, -0.1) is 0 Å². The number of hydrogen-bond donors (Lipinski definition) is 5. The van der Waals surface area contributed by atoms with Gasteiger partial charge in [0, 0.05) is 0 Å². The molecule has 0 aromatic heterocycles. The smallest absolute Gasteiger partial charge is 0.394 e.